The second-order valence-electron chi connectivity index (χ2n) is 7.11. The summed E-state index contributed by atoms with van der Waals surface area (Å²) in [7, 11) is 0. The number of aromatic amines is 1. The van der Waals surface area contributed by atoms with Crippen LogP contribution in [-0.2, 0) is 14.3 Å². The molecule has 6 heteroatoms. The van der Waals surface area contributed by atoms with Gasteiger partial charge in [-0.1, -0.05) is 56.9 Å². The van der Waals surface area contributed by atoms with Crippen LogP contribution in [0.4, 0.5) is 0 Å². The van der Waals surface area contributed by atoms with Crippen molar-refractivity contribution in [3.63, 3.8) is 0 Å². The number of unbranched alkanes of at least 4 members (excludes halogenated alkanes) is 6. The molecule has 1 aliphatic rings. The molecule has 0 radical (unpaired) electrons. The van der Waals surface area contributed by atoms with Crippen molar-refractivity contribution in [1.29, 1.82) is 0 Å². The fourth-order valence-electron chi connectivity index (χ4n) is 3.11. The Kier molecular flexibility index (Phi) is 9.97. The van der Waals surface area contributed by atoms with Crippen LogP contribution in [0.3, 0.4) is 0 Å². The topological polar surface area (TPSA) is 84.9 Å². The molecule has 1 aliphatic heterocycles. The normalized spacial score (nSPS) is 16.4. The maximum atomic E-state index is 11.2. The average molecular weight is 386 g/mol. The Morgan fingerprint density at radius 3 is 2.25 bits per heavy atom. The second-order valence-corrected chi connectivity index (χ2v) is 7.11. The molecule has 1 aromatic carbocycles. The van der Waals surface area contributed by atoms with Crippen LogP contribution >= 0.6 is 0 Å². The first kappa shape index (κ1) is 21.8. The highest BCUT2D eigenvalue weighted by molar-refractivity contribution is 5.94. The summed E-state index contributed by atoms with van der Waals surface area (Å²) in [5.41, 5.74) is 1.83. The van der Waals surface area contributed by atoms with Gasteiger partial charge in [-0.25, -0.2) is 0 Å². The molecule has 1 unspecified atom stereocenters. The first-order valence-electron chi connectivity index (χ1n) is 10.4. The van der Waals surface area contributed by atoms with Crippen LogP contribution < -0.4 is 0 Å². The van der Waals surface area contributed by atoms with Crippen LogP contribution in [0.2, 0.25) is 0 Å². The molecular formula is C22H31N3O3. The van der Waals surface area contributed by atoms with Gasteiger partial charge in [0.2, 0.25) is 0 Å². The number of nitrogens with zero attached hydrogens (tertiary/aromatic N) is 2. The van der Waals surface area contributed by atoms with E-state index in [1.165, 1.54) is 32.1 Å². The van der Waals surface area contributed by atoms with E-state index >= 15 is 0 Å². The molecule has 0 amide bonds. The highest BCUT2D eigenvalue weighted by Crippen LogP contribution is 2.21. The van der Waals surface area contributed by atoms with Gasteiger partial charge >= 0.3 is 11.9 Å². The average Bonchev–Trinajstić information content (AvgIpc) is 3.29. The Bertz CT molecular complexity index is 724. The minimum Gasteiger partial charge on any atom is -0.393 e. The number of allylic oxidation sites excluding steroid dienone is 2. The zero-order valence-corrected chi connectivity index (χ0v) is 16.7. The molecule has 6 nitrogen and oxygen atoms in total. The number of carbonyl (C=O) groups is 2. The lowest BCUT2D eigenvalue weighted by molar-refractivity contribution is -0.153. The molecule has 1 fully saturated rings. The number of aromatic nitrogens is 3. The predicted molar refractivity (Wildman–Crippen MR) is 109 cm³/mol. The van der Waals surface area contributed by atoms with Crippen LogP contribution in [-0.4, -0.2) is 27.3 Å². The van der Waals surface area contributed by atoms with Gasteiger partial charge in [-0.05, 0) is 44.2 Å². The summed E-state index contributed by atoms with van der Waals surface area (Å²) in [4.78, 5) is 22.1. The lowest BCUT2D eigenvalue weighted by Crippen LogP contribution is -2.06. The molecule has 1 aromatic heterocycles. The fraction of sp³-hybridized carbons (Fsp3) is 0.545. The Balaban J connectivity index is 0.000000255. The van der Waals surface area contributed by atoms with Crippen molar-refractivity contribution in [2.45, 2.75) is 71.1 Å². The first-order valence-corrected chi connectivity index (χ1v) is 10.4. The minimum absolute atomic E-state index is 0.185. The van der Waals surface area contributed by atoms with Crippen molar-refractivity contribution in [2.24, 2.45) is 5.92 Å². The van der Waals surface area contributed by atoms with E-state index in [1.54, 1.807) is 0 Å². The smallest absolute Gasteiger partial charge is 0.317 e. The van der Waals surface area contributed by atoms with E-state index < -0.39 is 0 Å². The van der Waals surface area contributed by atoms with Crippen molar-refractivity contribution in [3.05, 3.63) is 36.4 Å². The summed E-state index contributed by atoms with van der Waals surface area (Å²) in [6, 6.07) is 7.70. The Labute approximate surface area is 166 Å². The van der Waals surface area contributed by atoms with Gasteiger partial charge in [0.15, 0.2) is 0 Å². The standard InChI is InChI=1S/C16H26O3.C6H5N3/c1-2-3-4-5-6-7-8-9-10-11-12-14-13-15(17)19-16(14)18;1-2-4-6-5(3-1)7-9-8-6/h8-9,14H,2-7,10-13H2,1H3;1-4H,(H,7,8,9)/b9-8+;. The third kappa shape index (κ3) is 8.03. The highest BCUT2D eigenvalue weighted by atomic mass is 16.6. The van der Waals surface area contributed by atoms with Gasteiger partial charge in [0.05, 0.1) is 12.3 Å². The van der Waals surface area contributed by atoms with E-state index in [9.17, 15) is 9.59 Å². The van der Waals surface area contributed by atoms with Crippen LogP contribution in [0.5, 0.6) is 0 Å². The lowest BCUT2D eigenvalue weighted by atomic mass is 10.0. The number of benzene rings is 1. The molecule has 1 saturated heterocycles. The van der Waals surface area contributed by atoms with Crippen LogP contribution in [0.25, 0.3) is 11.0 Å². The number of rotatable bonds is 10. The largest absolute Gasteiger partial charge is 0.393 e. The molecule has 152 valence electrons. The van der Waals surface area contributed by atoms with E-state index in [4.69, 9.17) is 0 Å². The Hall–Kier alpha value is -2.50. The quantitative estimate of drug-likeness (QED) is 0.265. The zero-order valence-electron chi connectivity index (χ0n) is 16.7. The van der Waals surface area contributed by atoms with Crippen LogP contribution in [0, 0.1) is 5.92 Å². The van der Waals surface area contributed by atoms with Crippen molar-refractivity contribution >= 4 is 23.0 Å². The number of H-pyrrole nitrogens is 1. The molecule has 2 aromatic rings. The summed E-state index contributed by atoms with van der Waals surface area (Å²) in [6.45, 7) is 2.23. The molecule has 28 heavy (non-hydrogen) atoms. The summed E-state index contributed by atoms with van der Waals surface area (Å²) in [5, 5.41) is 10.3. The van der Waals surface area contributed by atoms with Gasteiger partial charge in [-0.3, -0.25) is 9.59 Å². The van der Waals surface area contributed by atoms with Crippen LogP contribution in [0.15, 0.2) is 36.4 Å². The third-order valence-corrected chi connectivity index (χ3v) is 4.75. The molecule has 0 aliphatic carbocycles. The van der Waals surface area contributed by atoms with E-state index in [0.717, 1.165) is 36.7 Å². The summed E-state index contributed by atoms with van der Waals surface area (Å²) < 4.78 is 4.52. The second kappa shape index (κ2) is 12.8. The number of hydrogen-bond donors (Lipinski definition) is 1. The van der Waals surface area contributed by atoms with Crippen molar-refractivity contribution in [1.82, 2.24) is 15.4 Å². The number of carbonyl (C=O) groups excluding carboxylic acids is 2. The third-order valence-electron chi connectivity index (χ3n) is 4.75. The fourth-order valence-corrected chi connectivity index (χ4v) is 3.11. The van der Waals surface area contributed by atoms with E-state index in [-0.39, 0.29) is 24.3 Å². The van der Waals surface area contributed by atoms with Gasteiger partial charge in [-0.15, -0.1) is 0 Å². The maximum Gasteiger partial charge on any atom is 0.317 e. The zero-order chi connectivity index (χ0) is 20.0. The molecule has 0 saturated carbocycles. The van der Waals surface area contributed by atoms with Gasteiger partial charge in [-0.2, -0.15) is 15.4 Å². The summed E-state index contributed by atoms with van der Waals surface area (Å²) in [6.07, 6.45) is 15.2. The van der Waals surface area contributed by atoms with Gasteiger partial charge in [0.25, 0.3) is 0 Å². The summed E-state index contributed by atoms with van der Waals surface area (Å²) in [5.74, 6) is -0.877. The van der Waals surface area contributed by atoms with Gasteiger partial charge in [0.1, 0.15) is 11.0 Å². The number of para-hydroxylation sites is 2. The number of cyclic esters (lactones) is 2. The van der Waals surface area contributed by atoms with Gasteiger partial charge in [0, 0.05) is 0 Å². The van der Waals surface area contributed by atoms with Gasteiger partial charge < -0.3 is 4.74 Å². The predicted octanol–water partition coefficient (Wildman–Crippen LogP) is 5.12. The van der Waals surface area contributed by atoms with E-state index in [1.807, 2.05) is 24.3 Å². The van der Waals surface area contributed by atoms with Crippen molar-refractivity contribution in [3.8, 4) is 0 Å². The van der Waals surface area contributed by atoms with Crippen molar-refractivity contribution in [2.75, 3.05) is 0 Å². The summed E-state index contributed by atoms with van der Waals surface area (Å²) >= 11 is 0. The molecule has 0 bridgehead atoms. The minimum atomic E-state index is -0.363. The van der Waals surface area contributed by atoms with E-state index in [2.05, 4.69) is 39.2 Å². The first-order chi connectivity index (χ1) is 13.7. The van der Waals surface area contributed by atoms with E-state index in [0.29, 0.717) is 0 Å². The number of ether oxygens (including phenoxy) is 1. The number of fused-ring (bicyclic) bond motifs is 1. The number of nitrogens with one attached hydrogen (secondary N) is 1. The SMILES string of the molecule is CCCCCCC/C=C/CCCC1CC(=O)OC1=O.c1ccc2n[nH]nc2c1. The maximum absolute atomic E-state index is 11.2. The van der Waals surface area contributed by atoms with Crippen molar-refractivity contribution < 1.29 is 14.3 Å². The highest BCUT2D eigenvalue weighted by Gasteiger charge is 2.32. The molecule has 1 atom stereocenters. The molecule has 3 rings (SSSR count). The number of esters is 2. The molecule has 2 heterocycles. The molecule has 1 N–H and O–H groups in total. The van der Waals surface area contributed by atoms with Crippen LogP contribution in [0.1, 0.15) is 71.1 Å². The molecular weight excluding hydrogens is 354 g/mol. The lowest BCUT2D eigenvalue weighted by Gasteiger charge is -2.01. The number of hydrogen-bond acceptors (Lipinski definition) is 5. The Morgan fingerprint density at radius 1 is 1.00 bits per heavy atom. The monoisotopic (exact) mass is 385 g/mol. The Morgan fingerprint density at radius 2 is 1.64 bits per heavy atom. The molecule has 0 spiro atoms.